The molecule has 0 fully saturated rings. The Labute approximate surface area is 253 Å². The Balaban J connectivity index is 2.06. The van der Waals surface area contributed by atoms with Gasteiger partial charge in [0.05, 0.1) is 17.2 Å². The van der Waals surface area contributed by atoms with Crippen LogP contribution in [0.1, 0.15) is 26.3 Å². The summed E-state index contributed by atoms with van der Waals surface area (Å²) in [7, 11) is -4.20. The topological polar surface area (TPSA) is 96.0 Å². The summed E-state index contributed by atoms with van der Waals surface area (Å²) in [6.45, 7) is 5.28. The number of hydrogen-bond donors (Lipinski definition) is 1. The van der Waals surface area contributed by atoms with Crippen molar-refractivity contribution in [2.24, 2.45) is 0 Å². The highest BCUT2D eigenvalue weighted by Gasteiger charge is 2.33. The number of sulfonamides is 1. The fourth-order valence-corrected chi connectivity index (χ4v) is 6.09. The van der Waals surface area contributed by atoms with Crippen molar-refractivity contribution >= 4 is 66.7 Å². The number of halogens is 3. The van der Waals surface area contributed by atoms with Gasteiger partial charge in [-0.05, 0) is 81.4 Å². The largest absolute Gasteiger partial charge is 0.494 e. The monoisotopic (exact) mass is 669 g/mol. The number of nitrogens with zero attached hydrogens (tertiary/aromatic N) is 2. The molecule has 8 nitrogen and oxygen atoms in total. The third-order valence-corrected chi connectivity index (χ3v) is 9.05. The fraction of sp³-hybridized carbons (Fsp3) is 0.286. The first-order valence-corrected chi connectivity index (χ1v) is 15.5. The van der Waals surface area contributed by atoms with Gasteiger partial charge in [0.1, 0.15) is 18.3 Å². The second-order valence-electron chi connectivity index (χ2n) is 8.68. The number of anilines is 1. The molecule has 214 valence electrons. The minimum absolute atomic E-state index is 0.00476. The van der Waals surface area contributed by atoms with Crippen LogP contribution in [0.15, 0.2) is 76.1 Å². The van der Waals surface area contributed by atoms with E-state index in [2.05, 4.69) is 21.2 Å². The fourth-order valence-electron chi connectivity index (χ4n) is 3.90. The summed E-state index contributed by atoms with van der Waals surface area (Å²) in [5, 5.41) is 3.35. The van der Waals surface area contributed by atoms with Gasteiger partial charge >= 0.3 is 0 Å². The summed E-state index contributed by atoms with van der Waals surface area (Å²) in [5.74, 6) is -0.467. The number of ether oxygens (including phenoxy) is 1. The number of likely N-dealkylation sites (N-methyl/N-ethyl adjacent to an activating group) is 1. The Bertz CT molecular complexity index is 1420. The maximum absolute atomic E-state index is 13.9. The van der Waals surface area contributed by atoms with Crippen molar-refractivity contribution < 1.29 is 22.7 Å². The van der Waals surface area contributed by atoms with Gasteiger partial charge in [0.15, 0.2) is 0 Å². The Hall–Kier alpha value is -2.79. The molecule has 0 aliphatic heterocycles. The number of carbonyl (C=O) groups excluding carboxylic acids is 2. The van der Waals surface area contributed by atoms with Crippen molar-refractivity contribution in [2.75, 3.05) is 24.0 Å². The molecule has 0 spiro atoms. The van der Waals surface area contributed by atoms with E-state index in [9.17, 15) is 18.0 Å². The van der Waals surface area contributed by atoms with E-state index in [1.165, 1.54) is 17.0 Å². The zero-order valence-electron chi connectivity index (χ0n) is 22.2. The van der Waals surface area contributed by atoms with Gasteiger partial charge in [-0.2, -0.15) is 0 Å². The first-order valence-electron chi connectivity index (χ1n) is 12.5. The van der Waals surface area contributed by atoms with Crippen molar-refractivity contribution in [3.05, 3.63) is 86.8 Å². The molecule has 12 heteroatoms. The van der Waals surface area contributed by atoms with E-state index in [1.54, 1.807) is 68.4 Å². The van der Waals surface area contributed by atoms with Crippen LogP contribution in [0, 0.1) is 0 Å². The van der Waals surface area contributed by atoms with Crippen LogP contribution >= 0.6 is 39.1 Å². The lowest BCUT2D eigenvalue weighted by atomic mass is 10.1. The molecule has 3 aromatic carbocycles. The minimum atomic E-state index is -4.20. The van der Waals surface area contributed by atoms with E-state index >= 15 is 0 Å². The molecule has 0 radical (unpaired) electrons. The Kier molecular flexibility index (Phi) is 11.3. The second-order valence-corrected chi connectivity index (χ2v) is 12.3. The molecule has 0 bridgehead atoms. The molecule has 3 rings (SSSR count). The van der Waals surface area contributed by atoms with E-state index in [0.717, 1.165) is 4.31 Å². The van der Waals surface area contributed by atoms with Gasteiger partial charge in [-0.3, -0.25) is 13.9 Å². The lowest BCUT2D eigenvalue weighted by Gasteiger charge is -2.32. The van der Waals surface area contributed by atoms with E-state index in [-0.39, 0.29) is 17.1 Å². The maximum Gasteiger partial charge on any atom is 0.264 e. The van der Waals surface area contributed by atoms with Gasteiger partial charge in [0.25, 0.3) is 10.0 Å². The molecule has 0 aliphatic carbocycles. The highest BCUT2D eigenvalue weighted by Crippen LogP contribution is 2.29. The molecule has 40 heavy (non-hydrogen) atoms. The summed E-state index contributed by atoms with van der Waals surface area (Å²) in [6, 6.07) is 16.5. The highest BCUT2D eigenvalue weighted by molar-refractivity contribution is 9.10. The Morgan fingerprint density at radius 1 is 0.975 bits per heavy atom. The normalized spacial score (nSPS) is 11.9. The zero-order chi connectivity index (χ0) is 29.4. The van der Waals surface area contributed by atoms with Crippen LogP contribution in [0.3, 0.4) is 0 Å². The van der Waals surface area contributed by atoms with Gasteiger partial charge in [0, 0.05) is 33.2 Å². The second kappa shape index (κ2) is 14.2. The minimum Gasteiger partial charge on any atom is -0.494 e. The van der Waals surface area contributed by atoms with Crippen LogP contribution in [0.2, 0.25) is 10.0 Å². The van der Waals surface area contributed by atoms with Crippen molar-refractivity contribution in [2.45, 2.75) is 38.3 Å². The molecule has 2 amide bonds. The number of hydrogen-bond acceptors (Lipinski definition) is 5. The van der Waals surface area contributed by atoms with E-state index < -0.39 is 34.4 Å². The average Bonchev–Trinajstić information content (AvgIpc) is 2.92. The lowest BCUT2D eigenvalue weighted by Crippen LogP contribution is -2.51. The summed E-state index contributed by atoms with van der Waals surface area (Å²) >= 11 is 16.1. The van der Waals surface area contributed by atoms with Gasteiger partial charge in [-0.1, -0.05) is 45.2 Å². The Morgan fingerprint density at radius 2 is 1.57 bits per heavy atom. The number of rotatable bonds is 12. The maximum atomic E-state index is 13.9. The summed E-state index contributed by atoms with van der Waals surface area (Å²) in [6.07, 6.45) is 0. The highest BCUT2D eigenvalue weighted by atomic mass is 79.9. The van der Waals surface area contributed by atoms with Crippen molar-refractivity contribution in [3.63, 3.8) is 0 Å². The van der Waals surface area contributed by atoms with Gasteiger partial charge < -0.3 is 15.0 Å². The third kappa shape index (κ3) is 7.69. The number of benzene rings is 3. The molecule has 0 saturated carbocycles. The molecule has 0 saturated heterocycles. The van der Waals surface area contributed by atoms with Crippen LogP contribution in [0.25, 0.3) is 0 Å². The van der Waals surface area contributed by atoms with Crippen LogP contribution in [-0.2, 0) is 26.2 Å². The van der Waals surface area contributed by atoms with Crippen molar-refractivity contribution in [3.8, 4) is 5.75 Å². The number of amides is 2. The molecule has 3 aromatic rings. The van der Waals surface area contributed by atoms with E-state index in [4.69, 9.17) is 27.9 Å². The molecule has 1 N–H and O–H groups in total. The van der Waals surface area contributed by atoms with Gasteiger partial charge in [-0.25, -0.2) is 8.42 Å². The van der Waals surface area contributed by atoms with Crippen LogP contribution < -0.4 is 14.4 Å². The van der Waals surface area contributed by atoms with Crippen LogP contribution in [0.4, 0.5) is 5.69 Å². The van der Waals surface area contributed by atoms with Crippen LogP contribution in [0.5, 0.6) is 5.75 Å². The standard InChI is InChI=1S/C28H30BrCl2N3O5S/c1-4-32-28(36)19(3)33(17-24-25(30)7-6-8-26(24)31)27(35)18-34(21-11-13-22(14-12-21)39-5-2)40(37,38)23-15-9-20(29)10-16-23/h6-16,19H,4-5,17-18H2,1-3H3,(H,32,36). The smallest absolute Gasteiger partial charge is 0.264 e. The van der Waals surface area contributed by atoms with Gasteiger partial charge in [-0.15, -0.1) is 0 Å². The van der Waals surface area contributed by atoms with Crippen molar-refractivity contribution in [1.29, 1.82) is 0 Å². The molecule has 0 aliphatic rings. The third-order valence-electron chi connectivity index (χ3n) is 6.02. The first-order chi connectivity index (χ1) is 19.0. The molecule has 1 atom stereocenters. The van der Waals surface area contributed by atoms with E-state index in [0.29, 0.717) is 39.0 Å². The predicted octanol–water partition coefficient (Wildman–Crippen LogP) is 5.90. The predicted molar refractivity (Wildman–Crippen MR) is 161 cm³/mol. The molecule has 0 heterocycles. The van der Waals surface area contributed by atoms with E-state index in [1.807, 2.05) is 6.92 Å². The summed E-state index contributed by atoms with van der Waals surface area (Å²) in [5.41, 5.74) is 0.694. The van der Waals surface area contributed by atoms with Crippen LogP contribution in [-0.4, -0.2) is 50.9 Å². The molecular weight excluding hydrogens is 641 g/mol. The number of carbonyl (C=O) groups is 2. The first kappa shape index (κ1) is 31.7. The molecule has 1 unspecified atom stereocenters. The van der Waals surface area contributed by atoms with Crippen molar-refractivity contribution in [1.82, 2.24) is 10.2 Å². The summed E-state index contributed by atoms with van der Waals surface area (Å²) < 4.78 is 35.0. The quantitative estimate of drug-likeness (QED) is 0.259. The Morgan fingerprint density at radius 3 is 2.12 bits per heavy atom. The SMILES string of the molecule is CCNC(=O)C(C)N(Cc1c(Cl)cccc1Cl)C(=O)CN(c1ccc(OCC)cc1)S(=O)(=O)c1ccc(Br)cc1. The lowest BCUT2D eigenvalue weighted by molar-refractivity contribution is -0.139. The van der Waals surface area contributed by atoms with Gasteiger partial charge in [0.2, 0.25) is 11.8 Å². The molecular formula is C28H30BrCl2N3O5S. The average molecular weight is 671 g/mol. The number of nitrogens with one attached hydrogen (secondary N) is 1. The molecule has 0 aromatic heterocycles. The summed E-state index contributed by atoms with van der Waals surface area (Å²) in [4.78, 5) is 28.0. The zero-order valence-corrected chi connectivity index (χ0v) is 26.1.